The molecular weight excluding hydrogens is 484 g/mol. The average molecular weight is 507 g/mol. The number of amides is 1. The van der Waals surface area contributed by atoms with E-state index in [-0.39, 0.29) is 18.2 Å². The Balaban J connectivity index is 1.39. The standard InChI is InChI=1S/C22H23ClN4O4S2/c1-31-19-9-7-16(8-10-19)21-25-26-22(32-21)24-20(28)17-5-3-11-27(13-17)33(29,30)14-15-4-2-6-18(23)12-15/h2,4,6-10,12,17H,3,5,11,13-14H2,1H3,(H,24,26,28)/t17-/m1/s1. The number of ether oxygens (including phenoxy) is 1. The minimum absolute atomic E-state index is 0.138. The largest absolute Gasteiger partial charge is 0.497 e. The maximum atomic E-state index is 12.9. The molecule has 1 aromatic heterocycles. The summed E-state index contributed by atoms with van der Waals surface area (Å²) in [7, 11) is -1.97. The van der Waals surface area contributed by atoms with Crippen LogP contribution in [0.3, 0.4) is 0 Å². The van der Waals surface area contributed by atoms with Crippen LogP contribution in [0.2, 0.25) is 5.02 Å². The normalized spacial score (nSPS) is 17.0. The third kappa shape index (κ3) is 5.89. The van der Waals surface area contributed by atoms with Crippen LogP contribution in [0.1, 0.15) is 18.4 Å². The predicted molar refractivity (Wildman–Crippen MR) is 129 cm³/mol. The Morgan fingerprint density at radius 3 is 2.76 bits per heavy atom. The van der Waals surface area contributed by atoms with Crippen molar-refractivity contribution in [2.24, 2.45) is 5.92 Å². The number of rotatable bonds is 7. The van der Waals surface area contributed by atoms with Crippen molar-refractivity contribution >= 4 is 44.0 Å². The number of nitrogens with zero attached hydrogens (tertiary/aromatic N) is 3. The summed E-state index contributed by atoms with van der Waals surface area (Å²) in [5, 5.41) is 12.5. The Labute approximate surface area is 201 Å². The van der Waals surface area contributed by atoms with Gasteiger partial charge < -0.3 is 10.1 Å². The second kappa shape index (κ2) is 10.2. The zero-order valence-corrected chi connectivity index (χ0v) is 20.3. The van der Waals surface area contributed by atoms with Crippen LogP contribution < -0.4 is 10.1 Å². The zero-order valence-electron chi connectivity index (χ0n) is 17.9. The van der Waals surface area contributed by atoms with Crippen LogP contribution in [-0.2, 0) is 20.6 Å². The molecule has 0 radical (unpaired) electrons. The van der Waals surface area contributed by atoms with Crippen molar-refractivity contribution in [1.82, 2.24) is 14.5 Å². The fourth-order valence-corrected chi connectivity index (χ4v) is 6.23. The number of anilines is 1. The molecule has 0 spiro atoms. The van der Waals surface area contributed by atoms with Gasteiger partial charge in [0.1, 0.15) is 10.8 Å². The Bertz CT molecular complexity index is 1230. The smallest absolute Gasteiger partial charge is 0.230 e. The number of piperidine rings is 1. The highest BCUT2D eigenvalue weighted by atomic mass is 35.5. The molecule has 1 aliphatic heterocycles. The van der Waals surface area contributed by atoms with Crippen LogP contribution >= 0.6 is 22.9 Å². The van der Waals surface area contributed by atoms with Gasteiger partial charge in [-0.15, -0.1) is 10.2 Å². The highest BCUT2D eigenvalue weighted by molar-refractivity contribution is 7.88. The molecule has 1 aliphatic rings. The Morgan fingerprint density at radius 1 is 1.24 bits per heavy atom. The molecule has 3 aromatic rings. The van der Waals surface area contributed by atoms with E-state index in [0.717, 1.165) is 11.3 Å². The fraction of sp³-hybridized carbons (Fsp3) is 0.318. The lowest BCUT2D eigenvalue weighted by Gasteiger charge is -2.31. The number of carbonyl (C=O) groups excluding carboxylic acids is 1. The first-order valence-corrected chi connectivity index (χ1v) is 13.2. The van der Waals surface area contributed by atoms with E-state index in [1.807, 2.05) is 24.3 Å². The number of carbonyl (C=O) groups is 1. The molecular formula is C22H23ClN4O4S2. The minimum Gasteiger partial charge on any atom is -0.497 e. The van der Waals surface area contributed by atoms with E-state index in [1.165, 1.54) is 15.6 Å². The van der Waals surface area contributed by atoms with Crippen LogP contribution in [0.5, 0.6) is 5.75 Å². The van der Waals surface area contributed by atoms with Crippen molar-refractivity contribution in [3.63, 3.8) is 0 Å². The SMILES string of the molecule is COc1ccc(-c2nnc(NC(=O)[C@@H]3CCCN(S(=O)(=O)Cc4cccc(Cl)c4)C3)s2)cc1. The lowest BCUT2D eigenvalue weighted by Crippen LogP contribution is -2.44. The summed E-state index contributed by atoms with van der Waals surface area (Å²) >= 11 is 7.24. The molecule has 0 aliphatic carbocycles. The van der Waals surface area contributed by atoms with Crippen LogP contribution in [-0.4, -0.2) is 49.0 Å². The number of hydrogen-bond acceptors (Lipinski definition) is 7. The maximum absolute atomic E-state index is 12.9. The molecule has 8 nitrogen and oxygen atoms in total. The number of methoxy groups -OCH3 is 1. The predicted octanol–water partition coefficient (Wildman–Crippen LogP) is 4.05. The van der Waals surface area contributed by atoms with Crippen molar-refractivity contribution in [3.8, 4) is 16.3 Å². The van der Waals surface area contributed by atoms with E-state index in [9.17, 15) is 13.2 Å². The van der Waals surface area contributed by atoms with Gasteiger partial charge in [-0.1, -0.05) is 35.1 Å². The topological polar surface area (TPSA) is 101 Å². The zero-order chi connectivity index (χ0) is 23.4. The molecule has 1 atom stereocenters. The van der Waals surface area contributed by atoms with E-state index < -0.39 is 15.9 Å². The number of hydrogen-bond donors (Lipinski definition) is 1. The first-order chi connectivity index (χ1) is 15.8. The van der Waals surface area contributed by atoms with E-state index in [4.69, 9.17) is 16.3 Å². The number of sulfonamides is 1. The molecule has 2 heterocycles. The lowest BCUT2D eigenvalue weighted by atomic mass is 9.99. The van der Waals surface area contributed by atoms with Crippen LogP contribution in [0.25, 0.3) is 10.6 Å². The number of nitrogens with one attached hydrogen (secondary N) is 1. The van der Waals surface area contributed by atoms with Gasteiger partial charge in [-0.2, -0.15) is 0 Å². The summed E-state index contributed by atoms with van der Waals surface area (Å²) in [5.41, 5.74) is 1.48. The molecule has 174 valence electrons. The van der Waals surface area contributed by atoms with Gasteiger partial charge in [-0.3, -0.25) is 4.79 Å². The van der Waals surface area contributed by atoms with Gasteiger partial charge in [0.25, 0.3) is 0 Å². The van der Waals surface area contributed by atoms with Gasteiger partial charge in [0.2, 0.25) is 21.1 Å². The second-order valence-electron chi connectivity index (χ2n) is 7.71. The molecule has 11 heteroatoms. The minimum atomic E-state index is -3.57. The second-order valence-corrected chi connectivity index (χ2v) is 11.1. The summed E-state index contributed by atoms with van der Waals surface area (Å²) in [6.07, 6.45) is 1.22. The molecule has 2 aromatic carbocycles. The van der Waals surface area contributed by atoms with E-state index >= 15 is 0 Å². The lowest BCUT2D eigenvalue weighted by molar-refractivity contribution is -0.120. The molecule has 4 rings (SSSR count). The summed E-state index contributed by atoms with van der Waals surface area (Å²) in [6.45, 7) is 0.534. The van der Waals surface area contributed by atoms with E-state index in [2.05, 4.69) is 15.5 Å². The molecule has 1 N–H and O–H groups in total. The fourth-order valence-electron chi connectivity index (χ4n) is 3.67. The van der Waals surface area contributed by atoms with Gasteiger partial charge in [-0.05, 0) is 54.8 Å². The van der Waals surface area contributed by atoms with Crippen molar-refractivity contribution in [1.29, 1.82) is 0 Å². The Morgan fingerprint density at radius 2 is 2.03 bits per heavy atom. The number of halogens is 1. The third-order valence-corrected chi connectivity index (χ3v) is 8.32. The maximum Gasteiger partial charge on any atom is 0.230 e. The van der Waals surface area contributed by atoms with Crippen LogP contribution in [0.4, 0.5) is 5.13 Å². The van der Waals surface area contributed by atoms with Crippen LogP contribution in [0.15, 0.2) is 48.5 Å². The van der Waals surface area contributed by atoms with Gasteiger partial charge in [0, 0.05) is 23.7 Å². The van der Waals surface area contributed by atoms with Crippen LogP contribution in [0, 0.1) is 5.92 Å². The Hall–Kier alpha value is -2.53. The van der Waals surface area contributed by atoms with E-state index in [0.29, 0.717) is 40.1 Å². The highest BCUT2D eigenvalue weighted by Crippen LogP contribution is 2.29. The van der Waals surface area contributed by atoms with Gasteiger partial charge in [0.15, 0.2) is 0 Å². The average Bonchev–Trinajstić information content (AvgIpc) is 3.27. The summed E-state index contributed by atoms with van der Waals surface area (Å²) in [4.78, 5) is 12.8. The van der Waals surface area contributed by atoms with E-state index in [1.54, 1.807) is 31.4 Å². The molecule has 0 saturated carbocycles. The van der Waals surface area contributed by atoms with Gasteiger partial charge in [-0.25, -0.2) is 12.7 Å². The monoisotopic (exact) mass is 506 g/mol. The van der Waals surface area contributed by atoms with Crippen molar-refractivity contribution in [2.45, 2.75) is 18.6 Å². The molecule has 33 heavy (non-hydrogen) atoms. The highest BCUT2D eigenvalue weighted by Gasteiger charge is 2.32. The molecule has 1 saturated heterocycles. The van der Waals surface area contributed by atoms with Crippen molar-refractivity contribution in [3.05, 3.63) is 59.1 Å². The van der Waals surface area contributed by atoms with Gasteiger partial charge >= 0.3 is 0 Å². The first kappa shape index (κ1) is 23.6. The summed E-state index contributed by atoms with van der Waals surface area (Å²) in [6, 6.07) is 14.2. The molecule has 0 bridgehead atoms. The molecule has 1 fully saturated rings. The quantitative estimate of drug-likeness (QED) is 0.518. The molecule has 1 amide bonds. The summed E-state index contributed by atoms with van der Waals surface area (Å²) in [5.74, 6) is -0.121. The van der Waals surface area contributed by atoms with Crippen molar-refractivity contribution in [2.75, 3.05) is 25.5 Å². The first-order valence-electron chi connectivity index (χ1n) is 10.3. The van der Waals surface area contributed by atoms with Crippen molar-refractivity contribution < 1.29 is 17.9 Å². The number of aromatic nitrogens is 2. The summed E-state index contributed by atoms with van der Waals surface area (Å²) < 4.78 is 32.4. The van der Waals surface area contributed by atoms with Gasteiger partial charge in [0.05, 0.1) is 18.8 Å². The molecule has 0 unspecified atom stereocenters. The number of benzene rings is 2. The Kier molecular flexibility index (Phi) is 7.28. The third-order valence-electron chi connectivity index (χ3n) is 5.38.